The third kappa shape index (κ3) is 18.2. The number of amides is 4. The molecule has 5 aliphatic rings. The van der Waals surface area contributed by atoms with Gasteiger partial charge in [0.1, 0.15) is 35.5 Å². The van der Waals surface area contributed by atoms with Gasteiger partial charge in [-0.15, -0.1) is 0 Å². The molecular formula is C63H88F2N4O14. The van der Waals surface area contributed by atoms with Crippen LogP contribution in [-0.4, -0.2) is 182 Å². The van der Waals surface area contributed by atoms with Crippen LogP contribution < -0.4 is 0 Å². The number of halogens is 2. The number of carbonyl (C=O) groups excluding carboxylic acids is 8. The van der Waals surface area contributed by atoms with E-state index in [1.165, 1.54) is 69.7 Å². The Hall–Kier alpha value is -6.02. The van der Waals surface area contributed by atoms with Crippen LogP contribution in [0.4, 0.5) is 8.78 Å². The summed E-state index contributed by atoms with van der Waals surface area (Å²) < 4.78 is 66.5. The van der Waals surface area contributed by atoms with Gasteiger partial charge in [0.25, 0.3) is 23.6 Å². The smallest absolute Gasteiger partial charge is 0.329 e. The van der Waals surface area contributed by atoms with Crippen LogP contribution >= 0.6 is 0 Å². The van der Waals surface area contributed by atoms with Crippen LogP contribution in [0.3, 0.4) is 0 Å². The van der Waals surface area contributed by atoms with E-state index in [1.807, 2.05) is 48.5 Å². The minimum absolute atomic E-state index is 0.000735. The van der Waals surface area contributed by atoms with E-state index in [0.717, 1.165) is 82.1 Å². The van der Waals surface area contributed by atoms with Gasteiger partial charge in [-0.3, -0.25) is 19.2 Å². The molecule has 4 amide bonds. The first kappa shape index (κ1) is 64.5. The standard InChI is InChI=1S/C63H88F2N4O14/c1-38-54(70)66(7)48(23-28-62(3,4)64)58(74)82-52(35-42-15-19-44(20-16-42)46-24-29-78-30-25-46)56(72)67(8)50(34-41-13-14-41)60(76)81-39(2)55(71)69(10)51(37-63(5,6)65)61(77)83-53(57(73)68(9)49(59(75)80-38)33-40-11-12-40)36-43-17-21-45(22-18-43)47-26-31-79-32-27-47/h15-22,38-41,46-53H,11-14,23-37H2,1-10H3/t38-,39-,48+,49+,50+,51+,52-,53-/m1/s1. The maximum Gasteiger partial charge on any atom is 0.329 e. The Balaban J connectivity index is 1.27. The summed E-state index contributed by atoms with van der Waals surface area (Å²) in [4.78, 5) is 122. The molecule has 2 aromatic carbocycles. The summed E-state index contributed by atoms with van der Waals surface area (Å²) in [5, 5.41) is 0. The third-order valence-corrected chi connectivity index (χ3v) is 17.1. The molecule has 5 fully saturated rings. The van der Waals surface area contributed by atoms with E-state index in [4.69, 9.17) is 28.4 Å². The second-order valence-corrected chi connectivity index (χ2v) is 25.1. The molecule has 7 rings (SSSR count). The molecule has 0 bridgehead atoms. The van der Waals surface area contributed by atoms with Crippen molar-refractivity contribution in [3.05, 3.63) is 70.8 Å². The second kappa shape index (κ2) is 28.2. The number of carbonyl (C=O) groups is 8. The first-order valence-electron chi connectivity index (χ1n) is 29.8. The van der Waals surface area contributed by atoms with Crippen LogP contribution in [0.2, 0.25) is 0 Å². The van der Waals surface area contributed by atoms with E-state index in [0.29, 0.717) is 37.6 Å². The molecule has 0 radical (unpaired) electrons. The quantitative estimate of drug-likeness (QED) is 0.125. The Kier molecular flexibility index (Phi) is 22.0. The second-order valence-electron chi connectivity index (χ2n) is 25.1. The van der Waals surface area contributed by atoms with Gasteiger partial charge >= 0.3 is 23.9 Å². The van der Waals surface area contributed by atoms with Gasteiger partial charge in [0.05, 0.1) is 0 Å². The van der Waals surface area contributed by atoms with Gasteiger partial charge in [0.2, 0.25) is 0 Å². The van der Waals surface area contributed by atoms with Crippen LogP contribution in [0.1, 0.15) is 159 Å². The lowest BCUT2D eigenvalue weighted by Gasteiger charge is -2.35. The summed E-state index contributed by atoms with van der Waals surface area (Å²) in [7, 11) is 5.25. The predicted octanol–water partition coefficient (Wildman–Crippen LogP) is 7.54. The molecular weight excluding hydrogens is 1070 g/mol. The summed E-state index contributed by atoms with van der Waals surface area (Å²) in [6, 6.07) is 9.23. The van der Waals surface area contributed by atoms with Crippen LogP contribution in [-0.2, 0) is 79.6 Å². The van der Waals surface area contributed by atoms with Crippen LogP contribution in [0.5, 0.6) is 0 Å². The molecule has 8 atom stereocenters. The Morgan fingerprint density at radius 2 is 0.783 bits per heavy atom. The zero-order chi connectivity index (χ0) is 60.5. The fourth-order valence-corrected chi connectivity index (χ4v) is 11.3. The van der Waals surface area contributed by atoms with Gasteiger partial charge in [-0.2, -0.15) is 0 Å². The number of alkyl halides is 2. The first-order chi connectivity index (χ1) is 39.2. The lowest BCUT2D eigenvalue weighted by molar-refractivity contribution is -0.176. The molecule has 18 nitrogen and oxygen atoms in total. The molecule has 3 heterocycles. The number of likely N-dealkylation sites (N-methyl/N-ethyl adjacent to an activating group) is 4. The van der Waals surface area contributed by atoms with E-state index < -0.39 is 114 Å². The molecule has 0 aromatic heterocycles. The average Bonchev–Trinajstić information content (AvgIpc) is 4.46. The minimum Gasteiger partial charge on any atom is -0.451 e. The van der Waals surface area contributed by atoms with Crippen molar-refractivity contribution in [1.82, 2.24) is 19.6 Å². The van der Waals surface area contributed by atoms with Gasteiger partial charge < -0.3 is 48.0 Å². The SMILES string of the molecule is C[C@H]1OC(=O)[C@H](CC2CC2)N(C)C(=O)[C@@H](Cc2ccc(C3CCOCC3)cc2)OC(=O)[C@H](CC(C)(C)F)N(C)C(=O)[C@@H](C)OC(=O)[C@H](CC2CC2)N(C)C(=O)[C@@H](Cc2ccc(C3CCOCC3)cc2)OC(=O)[C@H](CCC(C)(C)F)N(C)C1=O. The maximum absolute atomic E-state index is 15.9. The number of cyclic esters (lactones) is 4. The maximum atomic E-state index is 15.9. The summed E-state index contributed by atoms with van der Waals surface area (Å²) in [6.07, 6.45) is -1.40. The Morgan fingerprint density at radius 1 is 0.446 bits per heavy atom. The Labute approximate surface area is 487 Å². The highest BCUT2D eigenvalue weighted by Crippen LogP contribution is 2.37. The van der Waals surface area contributed by atoms with E-state index in [1.54, 1.807) is 0 Å². The van der Waals surface area contributed by atoms with Gasteiger partial charge in [-0.05, 0) is 139 Å². The van der Waals surface area contributed by atoms with Gasteiger partial charge in [-0.25, -0.2) is 28.0 Å². The number of esters is 4. The summed E-state index contributed by atoms with van der Waals surface area (Å²) >= 11 is 0. The Morgan fingerprint density at radius 3 is 1.13 bits per heavy atom. The number of benzene rings is 2. The van der Waals surface area contributed by atoms with Gasteiger partial charge in [0.15, 0.2) is 24.4 Å². The fourth-order valence-electron chi connectivity index (χ4n) is 11.3. The normalized spacial score (nSPS) is 27.5. The average molecular weight is 1160 g/mol. The van der Waals surface area contributed by atoms with E-state index in [9.17, 15) is 28.8 Å². The molecule has 0 N–H and O–H groups in total. The van der Waals surface area contributed by atoms with Crippen LogP contribution in [0.15, 0.2) is 48.5 Å². The summed E-state index contributed by atoms with van der Waals surface area (Å²) in [6.45, 7) is 10.2. The number of nitrogens with zero attached hydrogens (tertiary/aromatic N) is 4. The third-order valence-electron chi connectivity index (χ3n) is 17.1. The molecule has 2 aliphatic carbocycles. The van der Waals surface area contributed by atoms with Crippen molar-refractivity contribution in [2.75, 3.05) is 54.6 Å². The van der Waals surface area contributed by atoms with Crippen molar-refractivity contribution in [3.63, 3.8) is 0 Å². The molecule has 0 spiro atoms. The molecule has 83 heavy (non-hydrogen) atoms. The lowest BCUT2D eigenvalue weighted by atomic mass is 9.90. The molecule has 20 heteroatoms. The monoisotopic (exact) mass is 1160 g/mol. The van der Waals surface area contributed by atoms with Crippen molar-refractivity contribution in [1.29, 1.82) is 0 Å². The fraction of sp³-hybridized carbons (Fsp3) is 0.683. The van der Waals surface area contributed by atoms with E-state index in [2.05, 4.69) is 0 Å². The number of hydrogen-bond donors (Lipinski definition) is 0. The summed E-state index contributed by atoms with van der Waals surface area (Å²) in [5.74, 6) is -7.04. The highest BCUT2D eigenvalue weighted by atomic mass is 19.1. The zero-order valence-corrected chi connectivity index (χ0v) is 50.2. The number of ether oxygens (including phenoxy) is 6. The lowest BCUT2D eigenvalue weighted by Crippen LogP contribution is -2.55. The van der Waals surface area contributed by atoms with Gasteiger partial charge in [0, 0.05) is 73.9 Å². The molecule has 2 saturated carbocycles. The number of rotatable bonds is 15. The Bertz CT molecular complexity index is 2570. The van der Waals surface area contributed by atoms with Crippen molar-refractivity contribution >= 4 is 47.5 Å². The highest BCUT2D eigenvalue weighted by molar-refractivity contribution is 5.94. The predicted molar refractivity (Wildman–Crippen MR) is 302 cm³/mol. The topological polar surface area (TPSA) is 205 Å². The first-order valence-corrected chi connectivity index (χ1v) is 29.8. The van der Waals surface area contributed by atoms with Crippen LogP contribution in [0.25, 0.3) is 0 Å². The van der Waals surface area contributed by atoms with E-state index in [-0.39, 0.29) is 62.2 Å². The van der Waals surface area contributed by atoms with Crippen molar-refractivity contribution in [3.8, 4) is 0 Å². The molecule has 3 saturated heterocycles. The highest BCUT2D eigenvalue weighted by Gasteiger charge is 2.45. The van der Waals surface area contributed by atoms with Crippen molar-refractivity contribution in [2.45, 2.75) is 210 Å². The number of hydrogen-bond acceptors (Lipinski definition) is 14. The molecule has 3 aliphatic heterocycles. The van der Waals surface area contributed by atoms with Crippen LogP contribution in [0, 0.1) is 11.8 Å². The van der Waals surface area contributed by atoms with Gasteiger partial charge in [-0.1, -0.05) is 74.2 Å². The largest absolute Gasteiger partial charge is 0.451 e. The minimum atomic E-state index is -2.09. The summed E-state index contributed by atoms with van der Waals surface area (Å²) in [5.41, 5.74) is -0.603. The molecule has 2 aromatic rings. The van der Waals surface area contributed by atoms with E-state index >= 15 is 18.4 Å². The molecule has 0 unspecified atom stereocenters. The molecule has 458 valence electrons. The van der Waals surface area contributed by atoms with Crippen molar-refractivity contribution in [2.24, 2.45) is 11.8 Å². The van der Waals surface area contributed by atoms with Crippen molar-refractivity contribution < 1.29 is 75.6 Å². The zero-order valence-electron chi connectivity index (χ0n) is 50.2.